The second-order valence-corrected chi connectivity index (χ2v) is 6.63. The SMILES string of the molecule is COP(=O)(OC)OC(F)(F)[C@@H]1C[C@H]1[C@@H](O)c1ccccc1. The van der Waals surface area contributed by atoms with Crippen LogP contribution in [0.2, 0.25) is 0 Å². The molecule has 0 radical (unpaired) electrons. The van der Waals surface area contributed by atoms with Gasteiger partial charge < -0.3 is 5.11 Å². The van der Waals surface area contributed by atoms with Crippen molar-refractivity contribution in [3.8, 4) is 0 Å². The first-order chi connectivity index (χ1) is 9.83. The van der Waals surface area contributed by atoms with Gasteiger partial charge in [-0.05, 0) is 12.0 Å². The first-order valence-electron chi connectivity index (χ1n) is 6.36. The van der Waals surface area contributed by atoms with Crippen LogP contribution in [0.25, 0.3) is 0 Å². The van der Waals surface area contributed by atoms with Crippen molar-refractivity contribution in [3.63, 3.8) is 0 Å². The first-order valence-corrected chi connectivity index (χ1v) is 7.82. The average Bonchev–Trinajstić information content (AvgIpc) is 3.28. The third-order valence-electron chi connectivity index (χ3n) is 3.50. The topological polar surface area (TPSA) is 65.0 Å². The van der Waals surface area contributed by atoms with Crippen LogP contribution >= 0.6 is 7.82 Å². The Morgan fingerprint density at radius 1 is 1.29 bits per heavy atom. The highest BCUT2D eigenvalue weighted by molar-refractivity contribution is 7.48. The number of hydrogen-bond donors (Lipinski definition) is 1. The van der Waals surface area contributed by atoms with E-state index in [1.165, 1.54) is 0 Å². The predicted molar refractivity (Wildman–Crippen MR) is 70.7 cm³/mol. The van der Waals surface area contributed by atoms with E-state index in [1.54, 1.807) is 30.3 Å². The second kappa shape index (κ2) is 6.10. The van der Waals surface area contributed by atoms with Crippen molar-refractivity contribution >= 4 is 7.82 Å². The van der Waals surface area contributed by atoms with Crippen LogP contribution in [0.4, 0.5) is 8.78 Å². The Morgan fingerprint density at radius 2 is 1.86 bits per heavy atom. The quantitative estimate of drug-likeness (QED) is 0.780. The molecule has 0 unspecified atom stereocenters. The minimum atomic E-state index is -4.28. The van der Waals surface area contributed by atoms with Crippen molar-refractivity contribution in [2.75, 3.05) is 14.2 Å². The fourth-order valence-corrected chi connectivity index (χ4v) is 2.94. The average molecular weight is 322 g/mol. The van der Waals surface area contributed by atoms with E-state index in [2.05, 4.69) is 13.6 Å². The van der Waals surface area contributed by atoms with E-state index in [-0.39, 0.29) is 6.42 Å². The molecule has 0 amide bonds. The zero-order valence-electron chi connectivity index (χ0n) is 11.6. The molecular formula is C13H17F2O5P. The highest BCUT2D eigenvalue weighted by Crippen LogP contribution is 2.61. The van der Waals surface area contributed by atoms with Gasteiger partial charge in [0.2, 0.25) is 0 Å². The molecule has 2 rings (SSSR count). The van der Waals surface area contributed by atoms with E-state index >= 15 is 0 Å². The van der Waals surface area contributed by atoms with Gasteiger partial charge in [-0.3, -0.25) is 9.05 Å². The maximum atomic E-state index is 13.9. The molecule has 0 heterocycles. The molecule has 8 heteroatoms. The van der Waals surface area contributed by atoms with Gasteiger partial charge in [-0.25, -0.2) is 9.09 Å². The maximum Gasteiger partial charge on any atom is 0.479 e. The Balaban J connectivity index is 2.03. The lowest BCUT2D eigenvalue weighted by Gasteiger charge is -2.22. The molecule has 1 aromatic carbocycles. The summed E-state index contributed by atoms with van der Waals surface area (Å²) in [6, 6.07) is 8.53. The number of benzene rings is 1. The summed E-state index contributed by atoms with van der Waals surface area (Å²) in [4.78, 5) is 0. The van der Waals surface area contributed by atoms with Crippen LogP contribution < -0.4 is 0 Å². The number of rotatable bonds is 7. The molecular weight excluding hydrogens is 305 g/mol. The monoisotopic (exact) mass is 322 g/mol. The highest BCUT2D eigenvalue weighted by Gasteiger charge is 2.61. The van der Waals surface area contributed by atoms with Crippen molar-refractivity contribution < 1.29 is 32.0 Å². The Morgan fingerprint density at radius 3 is 2.38 bits per heavy atom. The fraction of sp³-hybridized carbons (Fsp3) is 0.538. The van der Waals surface area contributed by atoms with E-state index in [0.717, 1.165) is 14.2 Å². The third kappa shape index (κ3) is 3.67. The molecule has 0 saturated heterocycles. The number of phosphoric acid groups is 1. The number of hydrogen-bond acceptors (Lipinski definition) is 5. The summed E-state index contributed by atoms with van der Waals surface area (Å²) >= 11 is 0. The van der Waals surface area contributed by atoms with E-state index in [9.17, 15) is 18.5 Å². The molecule has 3 atom stereocenters. The Kier molecular flexibility index (Phi) is 4.80. The van der Waals surface area contributed by atoms with Gasteiger partial charge in [0.1, 0.15) is 0 Å². The van der Waals surface area contributed by atoms with Gasteiger partial charge >= 0.3 is 13.9 Å². The molecule has 118 valence electrons. The third-order valence-corrected chi connectivity index (χ3v) is 4.86. The lowest BCUT2D eigenvalue weighted by molar-refractivity contribution is -0.209. The molecule has 1 aliphatic rings. The lowest BCUT2D eigenvalue weighted by Crippen LogP contribution is -2.25. The zero-order chi connectivity index (χ0) is 15.7. The maximum absolute atomic E-state index is 13.9. The molecule has 5 nitrogen and oxygen atoms in total. The van der Waals surface area contributed by atoms with Gasteiger partial charge in [-0.15, -0.1) is 0 Å². The van der Waals surface area contributed by atoms with Crippen LogP contribution in [0.5, 0.6) is 0 Å². The summed E-state index contributed by atoms with van der Waals surface area (Å²) in [7, 11) is -2.35. The molecule has 1 fully saturated rings. The van der Waals surface area contributed by atoms with Gasteiger partial charge in [0.15, 0.2) is 0 Å². The van der Waals surface area contributed by atoms with Crippen LogP contribution in [0.1, 0.15) is 18.1 Å². The van der Waals surface area contributed by atoms with E-state index in [4.69, 9.17) is 0 Å². The molecule has 0 spiro atoms. The van der Waals surface area contributed by atoms with Crippen LogP contribution in [0.3, 0.4) is 0 Å². The minimum Gasteiger partial charge on any atom is -0.388 e. The smallest absolute Gasteiger partial charge is 0.388 e. The van der Waals surface area contributed by atoms with Gasteiger partial charge in [0, 0.05) is 20.1 Å². The molecule has 1 aliphatic carbocycles. The minimum absolute atomic E-state index is 0.0660. The van der Waals surface area contributed by atoms with Crippen LogP contribution in [0, 0.1) is 11.8 Å². The van der Waals surface area contributed by atoms with Crippen LogP contribution in [-0.4, -0.2) is 25.4 Å². The van der Waals surface area contributed by atoms with E-state index < -0.39 is 31.9 Å². The van der Waals surface area contributed by atoms with Crippen molar-refractivity contribution in [1.82, 2.24) is 0 Å². The van der Waals surface area contributed by atoms with Gasteiger partial charge in [-0.2, -0.15) is 8.78 Å². The number of phosphoric ester groups is 1. The normalized spacial score (nSPS) is 23.9. The summed E-state index contributed by atoms with van der Waals surface area (Å²) in [6.45, 7) is 0. The van der Waals surface area contributed by atoms with Crippen molar-refractivity contribution in [2.24, 2.45) is 11.8 Å². The predicted octanol–water partition coefficient (Wildman–Crippen LogP) is 3.37. The Labute approximate surface area is 121 Å². The molecule has 0 bridgehead atoms. The van der Waals surface area contributed by atoms with Crippen LogP contribution in [0.15, 0.2) is 30.3 Å². The molecule has 0 aromatic heterocycles. The van der Waals surface area contributed by atoms with Gasteiger partial charge in [-0.1, -0.05) is 30.3 Å². The van der Waals surface area contributed by atoms with Gasteiger partial charge in [0.25, 0.3) is 0 Å². The molecule has 0 aliphatic heterocycles. The number of halogens is 2. The van der Waals surface area contributed by atoms with E-state index in [0.29, 0.717) is 5.56 Å². The number of aliphatic hydroxyl groups excluding tert-OH is 1. The van der Waals surface area contributed by atoms with E-state index in [1.807, 2.05) is 0 Å². The first kappa shape index (κ1) is 16.5. The van der Waals surface area contributed by atoms with Crippen molar-refractivity contribution in [1.29, 1.82) is 0 Å². The summed E-state index contributed by atoms with van der Waals surface area (Å²) in [5, 5.41) is 10.1. The molecule has 21 heavy (non-hydrogen) atoms. The van der Waals surface area contributed by atoms with Crippen molar-refractivity contribution in [3.05, 3.63) is 35.9 Å². The highest BCUT2D eigenvalue weighted by atomic mass is 31.2. The lowest BCUT2D eigenvalue weighted by atomic mass is 10.0. The summed E-state index contributed by atoms with van der Waals surface area (Å²) in [5.41, 5.74) is 0.558. The Hall–Kier alpha value is -0.850. The Bertz CT molecular complexity index is 517. The van der Waals surface area contributed by atoms with Crippen LogP contribution in [-0.2, 0) is 18.1 Å². The summed E-state index contributed by atoms with van der Waals surface area (Å²) in [6.07, 6.45) is -4.64. The van der Waals surface area contributed by atoms with Gasteiger partial charge in [0.05, 0.1) is 12.0 Å². The number of aliphatic hydroxyl groups is 1. The van der Waals surface area contributed by atoms with Crippen molar-refractivity contribution in [2.45, 2.75) is 18.6 Å². The second-order valence-electron chi connectivity index (χ2n) is 4.83. The summed E-state index contributed by atoms with van der Waals surface area (Å²) in [5.74, 6) is -1.89. The zero-order valence-corrected chi connectivity index (χ0v) is 12.5. The molecule has 1 aromatic rings. The summed E-state index contributed by atoms with van der Waals surface area (Å²) < 4.78 is 52.4. The standard InChI is InChI=1S/C13H17F2O5P/c1-18-21(17,19-2)20-13(14,15)11-8-10(11)12(16)9-6-4-3-5-7-9/h3-7,10-12,16H,8H2,1-2H3/t10-,11-,12+/m1/s1. The largest absolute Gasteiger partial charge is 0.479 e. The molecule has 1 saturated carbocycles. The fourth-order valence-electron chi connectivity index (χ4n) is 2.21. The molecule has 1 N–H and O–H groups in total. The number of alkyl halides is 2.